The smallest absolute Gasteiger partial charge is 0.507 e. The Kier molecular flexibility index (Phi) is 11.4. The number of aryl methyl sites for hydroxylation is 2. The van der Waals surface area contributed by atoms with Crippen LogP contribution in [0.1, 0.15) is 22.3 Å². The van der Waals surface area contributed by atoms with Crippen molar-refractivity contribution in [1.82, 2.24) is 0 Å². The van der Waals surface area contributed by atoms with Crippen molar-refractivity contribution in [2.75, 3.05) is 0 Å². The van der Waals surface area contributed by atoms with Gasteiger partial charge in [-0.05, 0) is 37.1 Å². The number of phenols is 2. The molecule has 0 aliphatic heterocycles. The van der Waals surface area contributed by atoms with E-state index in [9.17, 15) is 26.3 Å². The van der Waals surface area contributed by atoms with Gasteiger partial charge in [0, 0.05) is 0 Å². The molecule has 0 atom stereocenters. The van der Waals surface area contributed by atoms with Gasteiger partial charge in [-0.25, -0.2) is 0 Å². The molecule has 0 saturated heterocycles. The maximum Gasteiger partial charge on any atom is 2.00 e. The number of halogens is 6. The molecule has 0 aliphatic rings. The minimum atomic E-state index is -4.47. The van der Waals surface area contributed by atoms with E-state index in [1.165, 1.54) is 56.9 Å². The number of alkyl halides is 6. The van der Waals surface area contributed by atoms with Crippen molar-refractivity contribution in [3.8, 4) is 11.5 Å². The molecule has 0 spiro atoms. The van der Waals surface area contributed by atoms with Crippen molar-refractivity contribution in [3.05, 3.63) is 144 Å². The molecule has 0 fully saturated rings. The monoisotopic (exact) mass is 670 g/mol. The van der Waals surface area contributed by atoms with Crippen LogP contribution in [0.4, 0.5) is 26.3 Å². The second-order valence-corrected chi connectivity index (χ2v) is 9.51. The number of phenolic OH excluding ortho intramolecular Hbond substituents is 2. The second kappa shape index (κ2) is 14.6. The molecule has 6 aromatic rings. The Bertz CT molecular complexity index is 1550. The van der Waals surface area contributed by atoms with Crippen LogP contribution in [0.15, 0.2) is 121 Å². The minimum Gasteiger partial charge on any atom is -0.507 e. The van der Waals surface area contributed by atoms with Crippen molar-refractivity contribution in [2.24, 2.45) is 0 Å². The van der Waals surface area contributed by atoms with E-state index in [0.717, 1.165) is 37.1 Å². The van der Waals surface area contributed by atoms with E-state index in [-0.39, 0.29) is 26.2 Å². The maximum atomic E-state index is 11.9. The Balaban J connectivity index is 0.000000190. The molecule has 0 amide bonds. The number of fused-ring (bicyclic) bond motifs is 2. The number of para-hydroxylation sites is 2. The summed E-state index contributed by atoms with van der Waals surface area (Å²) in [6, 6.07) is 35.2. The molecule has 0 bridgehead atoms. The van der Waals surface area contributed by atoms with Crippen molar-refractivity contribution >= 4 is 21.5 Å². The molecule has 2 N–H and O–H groups in total. The Morgan fingerprint density at radius 1 is 0.488 bits per heavy atom. The molecule has 0 heterocycles. The van der Waals surface area contributed by atoms with Crippen molar-refractivity contribution in [2.45, 2.75) is 25.2 Å². The third-order valence-electron chi connectivity index (χ3n) is 6.48. The van der Waals surface area contributed by atoms with Gasteiger partial charge in [0.2, 0.25) is 0 Å². The first-order valence-corrected chi connectivity index (χ1v) is 12.9. The van der Waals surface area contributed by atoms with Crippen molar-refractivity contribution < 1.29 is 62.8 Å². The fourth-order valence-electron chi connectivity index (χ4n) is 4.43. The van der Waals surface area contributed by atoms with Crippen molar-refractivity contribution in [3.63, 3.8) is 0 Å². The zero-order valence-electron chi connectivity index (χ0n) is 22.6. The summed E-state index contributed by atoms with van der Waals surface area (Å²) in [5.74, 6) is -1.47. The van der Waals surface area contributed by atoms with Gasteiger partial charge in [0.25, 0.3) is 0 Å². The predicted octanol–water partition coefficient (Wildman–Crippen LogP) is 10.0. The molecule has 6 aromatic carbocycles. The summed E-state index contributed by atoms with van der Waals surface area (Å²) >= 11 is 0. The molecular weight excluding hydrogens is 646 g/mol. The number of rotatable bonds is 3. The van der Waals surface area contributed by atoms with E-state index in [1.807, 2.05) is 0 Å². The first-order chi connectivity index (χ1) is 19.9. The molecular formula is C34H26F6O2Zr. The van der Waals surface area contributed by atoms with Gasteiger partial charge in [-0.3, -0.25) is 0 Å². The van der Waals surface area contributed by atoms with Gasteiger partial charge in [0.1, 0.15) is 11.5 Å². The molecule has 43 heavy (non-hydrogen) atoms. The number of aromatic hydroxyl groups is 2. The summed E-state index contributed by atoms with van der Waals surface area (Å²) < 4.78 is 71.3. The molecule has 9 heteroatoms. The van der Waals surface area contributed by atoms with Gasteiger partial charge in [-0.1, -0.05) is 36.4 Å². The van der Waals surface area contributed by atoms with Crippen LogP contribution in [0.25, 0.3) is 21.5 Å². The van der Waals surface area contributed by atoms with E-state index in [1.54, 1.807) is 0 Å². The van der Waals surface area contributed by atoms with Crippen LogP contribution in [0.3, 0.4) is 0 Å². The Morgan fingerprint density at radius 3 is 1.12 bits per heavy atom. The van der Waals surface area contributed by atoms with Crippen LogP contribution in [0, 0.1) is 0 Å². The average Bonchev–Trinajstić information content (AvgIpc) is 3.55. The first-order valence-electron chi connectivity index (χ1n) is 12.9. The molecule has 0 aromatic heterocycles. The molecule has 0 saturated carbocycles. The first kappa shape index (κ1) is 33.7. The average molecular weight is 672 g/mol. The zero-order valence-corrected chi connectivity index (χ0v) is 25.1. The number of hydrogen-bond acceptors (Lipinski definition) is 2. The van der Waals surface area contributed by atoms with Gasteiger partial charge in [0.15, 0.2) is 0 Å². The second-order valence-electron chi connectivity index (χ2n) is 9.51. The predicted molar refractivity (Wildman–Crippen MR) is 153 cm³/mol. The Hall–Kier alpha value is -3.84. The summed E-state index contributed by atoms with van der Waals surface area (Å²) in [5, 5.41) is 22.9. The van der Waals surface area contributed by atoms with E-state index < -0.39 is 35.0 Å². The summed E-state index contributed by atoms with van der Waals surface area (Å²) in [5.41, 5.74) is 0.882. The number of hydrogen-bond donors (Lipinski definition) is 2. The largest absolute Gasteiger partial charge is 2.00 e. The van der Waals surface area contributed by atoms with Gasteiger partial charge in [-0.15, -0.1) is 81.2 Å². The summed E-state index contributed by atoms with van der Waals surface area (Å²) in [4.78, 5) is 0. The normalized spacial score (nSPS) is 11.2. The van der Waals surface area contributed by atoms with E-state index in [2.05, 4.69) is 72.8 Å². The van der Waals surface area contributed by atoms with Crippen LogP contribution >= 0.6 is 0 Å². The topological polar surface area (TPSA) is 40.5 Å². The van der Waals surface area contributed by atoms with Crippen molar-refractivity contribution in [1.29, 1.82) is 0 Å². The fraction of sp³-hybridized carbons (Fsp3) is 0.118. The van der Waals surface area contributed by atoms with Gasteiger partial charge < -0.3 is 10.2 Å². The van der Waals surface area contributed by atoms with Crippen LogP contribution in [-0.4, -0.2) is 10.2 Å². The minimum absolute atomic E-state index is 0. The molecule has 0 unspecified atom stereocenters. The third-order valence-corrected chi connectivity index (χ3v) is 6.48. The Labute approximate surface area is 263 Å². The molecule has 0 aliphatic carbocycles. The summed E-state index contributed by atoms with van der Waals surface area (Å²) in [6.45, 7) is 0. The van der Waals surface area contributed by atoms with Crippen LogP contribution in [-0.2, 0) is 51.4 Å². The van der Waals surface area contributed by atoms with E-state index in [4.69, 9.17) is 10.2 Å². The molecule has 6 rings (SSSR count). The van der Waals surface area contributed by atoms with Gasteiger partial charge in [-0.2, -0.15) is 38.5 Å². The summed E-state index contributed by atoms with van der Waals surface area (Å²) in [6.07, 6.45) is -6.70. The maximum absolute atomic E-state index is 11.9. The Morgan fingerprint density at radius 2 is 0.814 bits per heavy atom. The molecule has 220 valence electrons. The van der Waals surface area contributed by atoms with Gasteiger partial charge >= 0.3 is 38.6 Å². The standard InChI is InChI=1S/C20H16.2C7H5F3O.Zr/c1-2-6-18-12-15(11-17(18)5-1)9-10-16-13-19-7-3-4-8-20(19)14-16;2*8-7(9,10)5-3-1-2-4-6(5)11;/h1-8,11-14H,9-10H2;2*1-4,11H;/q-2;;;+2. The third kappa shape index (κ3) is 9.32. The quantitative estimate of drug-likeness (QED) is 0.145. The van der Waals surface area contributed by atoms with Gasteiger partial charge in [0.05, 0.1) is 11.1 Å². The fourth-order valence-corrected chi connectivity index (χ4v) is 4.43. The van der Waals surface area contributed by atoms with E-state index >= 15 is 0 Å². The van der Waals surface area contributed by atoms with Crippen LogP contribution < -0.4 is 0 Å². The molecule has 0 radical (unpaired) electrons. The van der Waals surface area contributed by atoms with Crippen LogP contribution in [0.5, 0.6) is 11.5 Å². The van der Waals surface area contributed by atoms with E-state index in [0.29, 0.717) is 0 Å². The SMILES string of the molecule is Oc1ccccc1C(F)(F)F.Oc1ccccc1C(F)(F)F.[Zr+2].c1ccc2[cH-]c(CCc3cc4ccccc4[cH-]3)cc2c1. The zero-order chi connectivity index (χ0) is 30.3. The van der Waals surface area contributed by atoms with Crippen LogP contribution in [0.2, 0.25) is 0 Å². The number of benzene rings is 4. The molecule has 2 nitrogen and oxygen atoms in total. The summed E-state index contributed by atoms with van der Waals surface area (Å²) in [7, 11) is 0.